The normalized spacial score (nSPS) is 19.4. The van der Waals surface area contributed by atoms with E-state index in [2.05, 4.69) is 75.9 Å². The van der Waals surface area contributed by atoms with Gasteiger partial charge in [-0.3, -0.25) is 28.8 Å². The van der Waals surface area contributed by atoms with E-state index in [1.165, 1.54) is 22.3 Å². The molecule has 26 heteroatoms. The highest BCUT2D eigenvalue weighted by Crippen LogP contribution is 2.53. The maximum Gasteiger partial charge on any atom is 0.576 e. The van der Waals surface area contributed by atoms with E-state index in [1.807, 2.05) is 123 Å². The van der Waals surface area contributed by atoms with Crippen LogP contribution in [0.1, 0.15) is 167 Å². The Balaban J connectivity index is 0.000000178. The Bertz CT molecular complexity index is 5580. The highest BCUT2D eigenvalue weighted by molar-refractivity contribution is 8.42. The van der Waals surface area contributed by atoms with Crippen molar-refractivity contribution < 1.29 is 56.4 Å². The van der Waals surface area contributed by atoms with E-state index in [4.69, 9.17) is 45.7 Å². The summed E-state index contributed by atoms with van der Waals surface area (Å²) in [6.07, 6.45) is 8.58. The SMILES string of the molecule is CS1(CC(=O)Nc2cccc(C(=O)N3CCC(c4cccc(CN)c4)CC3)c2)OB(c2cccc3[nH]c(C(=O)N4CCC(c5cccc(CN)c5)CC4)cc23)OC1=O.NCc1cccc(C2CCN(C(=O)c3cccc(OC[C@]4(c5ccccc5)OB(c5ccc6cc(C(=O)N7CCC(c8cccc(CN)c8)CC7)[nH]c6c5)OC4=O)c3)CC2)c1. The molecule has 6 aliphatic rings. The molecule has 6 saturated heterocycles. The van der Waals surface area contributed by atoms with Crippen LogP contribution in [-0.2, 0) is 59.4 Å². The van der Waals surface area contributed by atoms with Gasteiger partial charge < -0.3 is 80.6 Å². The summed E-state index contributed by atoms with van der Waals surface area (Å²) in [6, 6.07) is 71.4. The number of hydrogen-bond acceptors (Lipinski definition) is 16. The van der Waals surface area contributed by atoms with Gasteiger partial charge in [-0.2, -0.15) is 0 Å². The van der Waals surface area contributed by atoms with Crippen LogP contribution in [0.5, 0.6) is 5.75 Å². The van der Waals surface area contributed by atoms with Gasteiger partial charge in [0.15, 0.2) is 0 Å². The van der Waals surface area contributed by atoms with E-state index in [0.717, 1.165) is 84.5 Å². The smallest absolute Gasteiger partial charge is 0.503 e. The molecular formula is C93H99B2N11O12S. The summed E-state index contributed by atoms with van der Waals surface area (Å²) in [6.45, 7) is 7.00. The lowest BCUT2D eigenvalue weighted by Gasteiger charge is -2.32. The zero-order valence-corrected chi connectivity index (χ0v) is 67.6. The summed E-state index contributed by atoms with van der Waals surface area (Å²) in [4.78, 5) is 109. The van der Waals surface area contributed by atoms with E-state index < -0.39 is 47.3 Å². The molecule has 0 radical (unpaired) electrons. The van der Waals surface area contributed by atoms with E-state index in [0.29, 0.717) is 164 Å². The number of amides is 5. The van der Waals surface area contributed by atoms with Gasteiger partial charge in [0.05, 0.1) is 5.75 Å². The number of nitrogens with one attached hydrogen (secondary N) is 3. The molecule has 5 amide bonds. The second kappa shape index (κ2) is 35.9. The quantitative estimate of drug-likeness (QED) is 0.0329. The number of aromatic nitrogens is 2. The van der Waals surface area contributed by atoms with E-state index in [1.54, 1.807) is 66.9 Å². The predicted octanol–water partition coefficient (Wildman–Crippen LogP) is 12.3. The van der Waals surface area contributed by atoms with Crippen LogP contribution in [0.4, 0.5) is 10.5 Å². The number of H-pyrrole nitrogens is 2. The Kier molecular flexibility index (Phi) is 24.5. The number of nitrogens with zero attached hydrogens (tertiary/aromatic N) is 4. The molecule has 9 aromatic carbocycles. The maximum absolute atomic E-state index is 14.0. The van der Waals surface area contributed by atoms with Crippen molar-refractivity contribution in [1.82, 2.24) is 29.6 Å². The number of piperidine rings is 4. The van der Waals surface area contributed by atoms with Crippen LogP contribution in [0.15, 0.2) is 224 Å². The molecule has 119 heavy (non-hydrogen) atoms. The number of ether oxygens (including phenoxy) is 1. The third-order valence-electron chi connectivity index (χ3n) is 24.4. The van der Waals surface area contributed by atoms with Crippen molar-refractivity contribution in [3.63, 3.8) is 0 Å². The van der Waals surface area contributed by atoms with Gasteiger partial charge in [0.25, 0.3) is 23.6 Å². The number of anilines is 1. The monoisotopic (exact) mass is 1620 g/mol. The Hall–Kier alpha value is -11.6. The van der Waals surface area contributed by atoms with Crippen molar-refractivity contribution in [3.05, 3.63) is 297 Å². The molecule has 0 spiro atoms. The van der Waals surface area contributed by atoms with Gasteiger partial charge in [-0.15, -0.1) is 0 Å². The van der Waals surface area contributed by atoms with Gasteiger partial charge in [0, 0.05) is 123 Å². The minimum atomic E-state index is -2.65. The van der Waals surface area contributed by atoms with Gasteiger partial charge in [-0.05, 0) is 208 Å². The van der Waals surface area contributed by atoms with Crippen LogP contribution < -0.4 is 43.9 Å². The largest absolute Gasteiger partial charge is 0.576 e. The van der Waals surface area contributed by atoms with E-state index in [-0.39, 0.29) is 36.0 Å². The van der Waals surface area contributed by atoms with E-state index >= 15 is 0 Å². The van der Waals surface area contributed by atoms with E-state index in [9.17, 15) is 33.6 Å². The second-order valence-electron chi connectivity index (χ2n) is 32.0. The number of likely N-dealkylation sites (tertiary alicyclic amines) is 4. The summed E-state index contributed by atoms with van der Waals surface area (Å²) in [7, 11) is -4.73. The number of rotatable bonds is 21. The number of hydrogen-bond donors (Lipinski definition) is 7. The Morgan fingerprint density at radius 2 is 0.933 bits per heavy atom. The Morgan fingerprint density at radius 1 is 0.471 bits per heavy atom. The van der Waals surface area contributed by atoms with Gasteiger partial charge in [0.2, 0.25) is 11.5 Å². The highest BCUT2D eigenvalue weighted by Gasteiger charge is 2.56. The standard InChI is InChI=1S/C49H50BN5O6.C44H49BN6O6S/c51-30-33-7-4-9-37(25-33)35-17-21-54(22-18-35)46(56)40-11-6-14-43(27-40)59-32-49(41-12-2-1-3-13-41)48(58)60-50(61-49)42-16-15-39-28-45(53-44(39)29-42)47(57)55-23-19-36(20-24-55)38-10-5-8-34(26-38)31-52;1-58(28-41(52)48-36-11-4-10-35(24-36)42(53)50-18-14-31(15-19-50)33-8-2-6-29(22-33)26-46)44(55)56-45(57-58)38-12-5-13-39-37(38)25-40(49-39)43(54)51-20-16-32(17-21-51)34-9-3-7-30(23-34)27-47/h1-16,25-29,35-36,53H,17-24,30-32,51-52H2;2-13,22-25,31-32,49H,14-21,26-28,46-47H2,1H3,(H,48,52)/t49-;/m1./s1. The summed E-state index contributed by atoms with van der Waals surface area (Å²) in [5, 5.41) is 3.84. The average molecular weight is 1620 g/mol. The summed E-state index contributed by atoms with van der Waals surface area (Å²) in [5.74, 6) is 0.426. The molecule has 2 atom stereocenters. The fourth-order valence-corrected chi connectivity index (χ4v) is 19.2. The van der Waals surface area contributed by atoms with Crippen LogP contribution >= 0.6 is 10.3 Å². The summed E-state index contributed by atoms with van der Waals surface area (Å²) < 4.78 is 30.9. The zero-order chi connectivity index (χ0) is 82.3. The minimum absolute atomic E-state index is 0.0456. The molecule has 0 bridgehead atoms. The van der Waals surface area contributed by atoms with Crippen LogP contribution in [0, 0.1) is 0 Å². The lowest BCUT2D eigenvalue weighted by atomic mass is 9.77. The molecule has 11 N–H and O–H groups in total. The third-order valence-corrected chi connectivity index (χ3v) is 26.6. The average Bonchev–Trinajstić information content (AvgIpc) is 1.61. The number of carbonyl (C=O) groups is 7. The molecule has 8 heterocycles. The molecule has 11 aromatic rings. The van der Waals surface area contributed by atoms with Crippen LogP contribution in [0.25, 0.3) is 21.8 Å². The molecule has 2 aromatic heterocycles. The Labute approximate surface area is 694 Å². The van der Waals surface area contributed by atoms with Gasteiger partial charge in [-0.1, -0.05) is 164 Å². The first kappa shape index (κ1) is 81.1. The zero-order valence-electron chi connectivity index (χ0n) is 66.8. The van der Waals surface area contributed by atoms with Gasteiger partial charge in [-0.25, -0.2) is 4.79 Å². The molecule has 23 nitrogen and oxygen atoms in total. The lowest BCUT2D eigenvalue weighted by Crippen LogP contribution is -2.41. The van der Waals surface area contributed by atoms with Gasteiger partial charge in [0.1, 0.15) is 23.7 Å². The molecule has 610 valence electrons. The van der Waals surface area contributed by atoms with Crippen molar-refractivity contribution in [2.75, 3.05) is 76.3 Å². The number of benzene rings is 9. The fraction of sp³-hybridized carbons (Fsp3) is 0.301. The van der Waals surface area contributed by atoms with Crippen molar-refractivity contribution in [2.45, 2.75) is 107 Å². The van der Waals surface area contributed by atoms with Crippen LogP contribution in [0.3, 0.4) is 0 Å². The van der Waals surface area contributed by atoms with Crippen LogP contribution in [0.2, 0.25) is 0 Å². The van der Waals surface area contributed by atoms with Crippen molar-refractivity contribution in [2.24, 2.45) is 22.9 Å². The highest BCUT2D eigenvalue weighted by atomic mass is 32.3. The summed E-state index contributed by atoms with van der Waals surface area (Å²) in [5.41, 5.74) is 37.0. The number of aromatic amines is 2. The number of nitrogens with two attached hydrogens (primary N) is 4. The third kappa shape index (κ3) is 17.9. The molecule has 0 aliphatic carbocycles. The number of carbonyl (C=O) groups excluding carboxylic acids is 7. The van der Waals surface area contributed by atoms with Crippen molar-refractivity contribution in [1.29, 1.82) is 0 Å². The topological polar surface area (TPSA) is 326 Å². The number of fused-ring (bicyclic) bond motifs is 2. The molecule has 6 fully saturated rings. The first-order chi connectivity index (χ1) is 57.9. The van der Waals surface area contributed by atoms with Gasteiger partial charge >= 0.3 is 25.5 Å². The Morgan fingerprint density at radius 3 is 1.45 bits per heavy atom. The van der Waals surface area contributed by atoms with Crippen molar-refractivity contribution >= 4 is 104 Å². The molecule has 1 unspecified atom stereocenters. The minimum Gasteiger partial charge on any atom is -0.503 e. The summed E-state index contributed by atoms with van der Waals surface area (Å²) >= 11 is 0. The first-order valence-electron chi connectivity index (χ1n) is 41.2. The molecule has 0 saturated carbocycles. The first-order valence-corrected chi connectivity index (χ1v) is 43.3. The van der Waals surface area contributed by atoms with Crippen LogP contribution in [-0.4, -0.2) is 156 Å². The maximum atomic E-state index is 14.0. The molecular weight excluding hydrogens is 1520 g/mol. The van der Waals surface area contributed by atoms with Crippen molar-refractivity contribution in [3.8, 4) is 5.75 Å². The molecule has 6 aliphatic heterocycles. The lowest BCUT2D eigenvalue weighted by molar-refractivity contribution is -0.146. The fourth-order valence-electron chi connectivity index (χ4n) is 17.6. The predicted molar refractivity (Wildman–Crippen MR) is 464 cm³/mol. The molecule has 17 rings (SSSR count). The second-order valence-corrected chi connectivity index (χ2v) is 34.8.